The number of rotatable bonds is 5. The number of likely N-dealkylation sites (N-methyl/N-ethyl adjacent to an activating group) is 1. The molecule has 1 N–H and O–H groups in total. The van der Waals surface area contributed by atoms with Crippen LogP contribution in [-0.2, 0) is 0 Å². The summed E-state index contributed by atoms with van der Waals surface area (Å²) in [5.41, 5.74) is 3.03. The zero-order valence-electron chi connectivity index (χ0n) is 14.0. The van der Waals surface area contributed by atoms with Crippen molar-refractivity contribution in [1.82, 2.24) is 9.27 Å². The summed E-state index contributed by atoms with van der Waals surface area (Å²) in [4.78, 5) is 2.11. The lowest BCUT2D eigenvalue weighted by molar-refractivity contribution is 0.216. The SMILES string of the molecule is CCN(CC#Cc1ccc2c(-c3ccc(Cl)cc3)nsc2c1)CCO. The number of nitrogens with zero attached hydrogens (tertiary/aromatic N) is 2. The third kappa shape index (κ3) is 4.39. The summed E-state index contributed by atoms with van der Waals surface area (Å²) in [5, 5.41) is 10.9. The van der Waals surface area contributed by atoms with Crippen molar-refractivity contribution < 1.29 is 5.11 Å². The molecule has 0 saturated carbocycles. The van der Waals surface area contributed by atoms with Crippen molar-refractivity contribution in [3.8, 4) is 23.1 Å². The second-order valence-electron chi connectivity index (χ2n) is 5.64. The first kappa shape index (κ1) is 17.9. The van der Waals surface area contributed by atoms with E-state index in [9.17, 15) is 0 Å². The van der Waals surface area contributed by atoms with Crippen LogP contribution >= 0.6 is 23.1 Å². The normalized spacial score (nSPS) is 10.9. The molecule has 0 unspecified atom stereocenters. The lowest BCUT2D eigenvalue weighted by Crippen LogP contribution is -2.26. The minimum Gasteiger partial charge on any atom is -0.395 e. The zero-order valence-corrected chi connectivity index (χ0v) is 15.6. The minimum atomic E-state index is 0.163. The molecule has 1 aromatic heterocycles. The smallest absolute Gasteiger partial charge is 0.0919 e. The Bertz CT molecular complexity index is 909. The van der Waals surface area contributed by atoms with Crippen LogP contribution in [0.15, 0.2) is 42.5 Å². The largest absolute Gasteiger partial charge is 0.395 e. The maximum Gasteiger partial charge on any atom is 0.0919 e. The van der Waals surface area contributed by atoms with E-state index in [1.165, 1.54) is 11.5 Å². The number of hydrogen-bond donors (Lipinski definition) is 1. The average molecular weight is 371 g/mol. The van der Waals surface area contributed by atoms with Crippen LogP contribution in [0.25, 0.3) is 21.3 Å². The predicted molar refractivity (Wildman–Crippen MR) is 106 cm³/mol. The second-order valence-corrected chi connectivity index (χ2v) is 6.88. The van der Waals surface area contributed by atoms with E-state index < -0.39 is 0 Å². The number of halogens is 1. The van der Waals surface area contributed by atoms with Gasteiger partial charge in [0.25, 0.3) is 0 Å². The summed E-state index contributed by atoms with van der Waals surface area (Å²) < 4.78 is 5.72. The van der Waals surface area contributed by atoms with Gasteiger partial charge in [-0.2, -0.15) is 4.37 Å². The van der Waals surface area contributed by atoms with Crippen molar-refractivity contribution in [1.29, 1.82) is 0 Å². The fraction of sp³-hybridized carbons (Fsp3) is 0.250. The number of aliphatic hydroxyl groups is 1. The van der Waals surface area contributed by atoms with Gasteiger partial charge in [-0.25, -0.2) is 0 Å². The molecule has 5 heteroatoms. The Morgan fingerprint density at radius 2 is 2.00 bits per heavy atom. The highest BCUT2D eigenvalue weighted by Crippen LogP contribution is 2.31. The van der Waals surface area contributed by atoms with Gasteiger partial charge in [-0.05, 0) is 42.3 Å². The van der Waals surface area contributed by atoms with Crippen LogP contribution in [-0.4, -0.2) is 40.6 Å². The maximum atomic E-state index is 9.01. The molecule has 1 heterocycles. The highest BCUT2D eigenvalue weighted by atomic mass is 35.5. The summed E-state index contributed by atoms with van der Waals surface area (Å²) >= 11 is 7.45. The Balaban J connectivity index is 1.81. The standard InChI is InChI=1S/C20H19ClN2OS/c1-2-23(12-13-24)11-3-4-15-5-10-18-19(14-15)25-22-20(18)16-6-8-17(21)9-7-16/h5-10,14,24H,2,11-13H2,1H3. The number of fused-ring (bicyclic) bond motifs is 1. The van der Waals surface area contributed by atoms with Crippen LogP contribution < -0.4 is 0 Å². The van der Waals surface area contributed by atoms with Crippen molar-refractivity contribution in [2.24, 2.45) is 0 Å². The molecule has 128 valence electrons. The molecule has 25 heavy (non-hydrogen) atoms. The molecule has 0 aliphatic carbocycles. The maximum absolute atomic E-state index is 9.01. The van der Waals surface area contributed by atoms with Crippen molar-refractivity contribution in [3.05, 3.63) is 53.1 Å². The van der Waals surface area contributed by atoms with E-state index in [0.717, 1.165) is 38.5 Å². The van der Waals surface area contributed by atoms with Gasteiger partial charge in [0, 0.05) is 28.1 Å². The minimum absolute atomic E-state index is 0.163. The summed E-state index contributed by atoms with van der Waals surface area (Å²) in [6.45, 7) is 4.43. The first-order valence-electron chi connectivity index (χ1n) is 8.18. The van der Waals surface area contributed by atoms with Gasteiger partial charge < -0.3 is 5.11 Å². The van der Waals surface area contributed by atoms with E-state index in [1.807, 2.05) is 30.3 Å². The molecular weight excluding hydrogens is 352 g/mol. The van der Waals surface area contributed by atoms with Crippen molar-refractivity contribution in [2.75, 3.05) is 26.2 Å². The number of aliphatic hydroxyl groups excluding tert-OH is 1. The van der Waals surface area contributed by atoms with Crippen molar-refractivity contribution in [2.45, 2.75) is 6.92 Å². The van der Waals surface area contributed by atoms with E-state index in [2.05, 4.69) is 40.2 Å². The lowest BCUT2D eigenvalue weighted by atomic mass is 10.1. The molecule has 3 nitrogen and oxygen atoms in total. The summed E-state index contributed by atoms with van der Waals surface area (Å²) in [6.07, 6.45) is 0. The molecule has 0 radical (unpaired) electrons. The summed E-state index contributed by atoms with van der Waals surface area (Å²) in [5.74, 6) is 6.39. The van der Waals surface area contributed by atoms with Gasteiger partial charge >= 0.3 is 0 Å². The lowest BCUT2D eigenvalue weighted by Gasteiger charge is -2.14. The molecule has 0 aliphatic rings. The van der Waals surface area contributed by atoms with E-state index in [1.54, 1.807) is 0 Å². The molecule has 3 rings (SSSR count). The van der Waals surface area contributed by atoms with Crippen LogP contribution in [0.5, 0.6) is 0 Å². The Morgan fingerprint density at radius 1 is 1.20 bits per heavy atom. The predicted octanol–water partition coefficient (Wildman–Crippen LogP) is 4.28. The van der Waals surface area contributed by atoms with E-state index >= 15 is 0 Å². The number of benzene rings is 2. The Hall–Kier alpha value is -1.90. The van der Waals surface area contributed by atoms with Gasteiger partial charge in [-0.15, -0.1) is 0 Å². The fourth-order valence-electron chi connectivity index (χ4n) is 2.57. The summed E-state index contributed by atoms with van der Waals surface area (Å²) in [7, 11) is 0. The molecule has 0 saturated heterocycles. The number of hydrogen-bond acceptors (Lipinski definition) is 4. The molecule has 0 spiro atoms. The molecule has 0 fully saturated rings. The Labute approximate surface area is 157 Å². The first-order chi connectivity index (χ1) is 12.2. The van der Waals surface area contributed by atoms with Gasteiger partial charge in [-0.3, -0.25) is 4.90 Å². The van der Waals surface area contributed by atoms with Crippen LogP contribution in [0.4, 0.5) is 0 Å². The Morgan fingerprint density at radius 3 is 2.72 bits per heavy atom. The van der Waals surface area contributed by atoms with Gasteiger partial charge in [-0.1, -0.05) is 48.6 Å². The van der Waals surface area contributed by atoms with Crippen LogP contribution in [0.2, 0.25) is 5.02 Å². The topological polar surface area (TPSA) is 36.4 Å². The fourth-order valence-corrected chi connectivity index (χ4v) is 3.54. The van der Waals surface area contributed by atoms with E-state index in [4.69, 9.17) is 16.7 Å². The first-order valence-corrected chi connectivity index (χ1v) is 9.34. The van der Waals surface area contributed by atoms with Gasteiger partial charge in [0.05, 0.1) is 23.5 Å². The highest BCUT2D eigenvalue weighted by molar-refractivity contribution is 7.13. The molecule has 3 aromatic rings. The molecule has 0 bridgehead atoms. The Kier molecular flexibility index (Phi) is 6.06. The molecule has 0 amide bonds. The number of aromatic nitrogens is 1. The van der Waals surface area contributed by atoms with Gasteiger partial charge in [0.1, 0.15) is 0 Å². The van der Waals surface area contributed by atoms with E-state index in [-0.39, 0.29) is 6.61 Å². The average Bonchev–Trinajstić information content (AvgIpc) is 3.05. The van der Waals surface area contributed by atoms with E-state index in [0.29, 0.717) is 13.1 Å². The molecule has 2 aromatic carbocycles. The second kappa shape index (κ2) is 8.46. The van der Waals surface area contributed by atoms with Gasteiger partial charge in [0.2, 0.25) is 0 Å². The van der Waals surface area contributed by atoms with Crippen molar-refractivity contribution >= 4 is 33.2 Å². The third-order valence-electron chi connectivity index (χ3n) is 3.99. The molecule has 0 aliphatic heterocycles. The molecule has 0 atom stereocenters. The third-order valence-corrected chi connectivity index (χ3v) is 5.05. The zero-order chi connectivity index (χ0) is 17.6. The highest BCUT2D eigenvalue weighted by Gasteiger charge is 2.08. The quantitative estimate of drug-likeness (QED) is 0.681. The van der Waals surface area contributed by atoms with Gasteiger partial charge in [0.15, 0.2) is 0 Å². The summed E-state index contributed by atoms with van der Waals surface area (Å²) in [6, 6.07) is 13.9. The van der Waals surface area contributed by atoms with Crippen LogP contribution in [0.3, 0.4) is 0 Å². The monoisotopic (exact) mass is 370 g/mol. The van der Waals surface area contributed by atoms with Crippen LogP contribution in [0, 0.1) is 11.8 Å². The van der Waals surface area contributed by atoms with Crippen LogP contribution in [0.1, 0.15) is 12.5 Å². The van der Waals surface area contributed by atoms with Crippen molar-refractivity contribution in [3.63, 3.8) is 0 Å². The molecular formula is C20H19ClN2OS.